The molecule has 0 amide bonds. The molecule has 2 rings (SSSR count). The second-order valence-corrected chi connectivity index (χ2v) is 5.93. The number of piperidine rings is 1. The Labute approximate surface area is 122 Å². The molecule has 2 N–H and O–H groups in total. The number of hydrogen-bond acceptors (Lipinski definition) is 6. The van der Waals surface area contributed by atoms with Crippen LogP contribution in [-0.4, -0.2) is 37.5 Å². The molecule has 1 fully saturated rings. The van der Waals surface area contributed by atoms with Gasteiger partial charge in [0, 0.05) is 24.8 Å². The van der Waals surface area contributed by atoms with Crippen LogP contribution < -0.4 is 10.0 Å². The van der Waals surface area contributed by atoms with Crippen molar-refractivity contribution in [2.75, 3.05) is 13.1 Å². The van der Waals surface area contributed by atoms with Gasteiger partial charge < -0.3 is 5.32 Å². The second kappa shape index (κ2) is 6.93. The molecule has 20 heavy (non-hydrogen) atoms. The Morgan fingerprint density at radius 3 is 2.85 bits per heavy atom. The van der Waals surface area contributed by atoms with Gasteiger partial charge >= 0.3 is 0 Å². The van der Waals surface area contributed by atoms with Crippen LogP contribution in [0.3, 0.4) is 0 Å². The highest BCUT2D eigenvalue weighted by Gasteiger charge is 2.24. The fourth-order valence-corrected chi connectivity index (χ4v) is 3.13. The number of rotatable bonds is 4. The number of nitrogens with one attached hydrogen (secondary N) is 2. The van der Waals surface area contributed by atoms with Crippen LogP contribution in [0.5, 0.6) is 0 Å². The molecule has 1 unspecified atom stereocenters. The van der Waals surface area contributed by atoms with E-state index in [1.54, 1.807) is 0 Å². The van der Waals surface area contributed by atoms with Crippen LogP contribution in [0.1, 0.15) is 12.8 Å². The Hall–Kier alpha value is -1.29. The fourth-order valence-electron chi connectivity index (χ4n) is 1.89. The van der Waals surface area contributed by atoms with E-state index in [0.717, 1.165) is 37.7 Å². The summed E-state index contributed by atoms with van der Waals surface area (Å²) in [6.07, 6.45) is 2.74. The molecule has 112 valence electrons. The van der Waals surface area contributed by atoms with Crippen molar-refractivity contribution in [2.45, 2.75) is 23.9 Å². The Morgan fingerprint density at radius 1 is 1.50 bits per heavy atom. The van der Waals surface area contributed by atoms with Gasteiger partial charge in [0.25, 0.3) is 15.7 Å². The number of nitrogens with zero attached hydrogens (tertiary/aromatic N) is 2. The second-order valence-electron chi connectivity index (χ2n) is 4.27. The first-order chi connectivity index (χ1) is 8.99. The van der Waals surface area contributed by atoms with Gasteiger partial charge in [-0.15, -0.1) is 12.4 Å². The lowest BCUT2D eigenvalue weighted by Crippen LogP contribution is -2.45. The van der Waals surface area contributed by atoms with Crippen LogP contribution >= 0.6 is 12.4 Å². The van der Waals surface area contributed by atoms with Crippen molar-refractivity contribution in [1.29, 1.82) is 0 Å². The Kier molecular flexibility index (Phi) is 5.81. The fraction of sp³-hybridized carbons (Fsp3) is 0.500. The van der Waals surface area contributed by atoms with Crippen LogP contribution in [0, 0.1) is 10.1 Å². The van der Waals surface area contributed by atoms with E-state index < -0.39 is 14.9 Å². The molecule has 1 aromatic heterocycles. The summed E-state index contributed by atoms with van der Waals surface area (Å²) in [6, 6.07) is 1.90. The SMILES string of the molecule is Cl.O=[N+]([O-])c1ccnc(S(=O)(=O)NC2CCCNC2)c1. The predicted octanol–water partition coefficient (Wildman–Crippen LogP) is 0.442. The summed E-state index contributed by atoms with van der Waals surface area (Å²) in [7, 11) is -3.82. The maximum atomic E-state index is 12.1. The molecule has 1 aliphatic rings. The number of aromatic nitrogens is 1. The number of halogens is 1. The first kappa shape index (κ1) is 16.8. The van der Waals surface area contributed by atoms with Crippen LogP contribution in [0.15, 0.2) is 23.4 Å². The van der Waals surface area contributed by atoms with Gasteiger partial charge in [-0.2, -0.15) is 0 Å². The smallest absolute Gasteiger partial charge is 0.273 e. The van der Waals surface area contributed by atoms with E-state index >= 15 is 0 Å². The number of nitro groups is 1. The molecule has 10 heteroatoms. The van der Waals surface area contributed by atoms with Crippen LogP contribution in [0.25, 0.3) is 0 Å². The molecule has 0 spiro atoms. The molecule has 1 atom stereocenters. The quantitative estimate of drug-likeness (QED) is 0.614. The lowest BCUT2D eigenvalue weighted by atomic mass is 10.1. The van der Waals surface area contributed by atoms with Crippen molar-refractivity contribution in [1.82, 2.24) is 15.0 Å². The Morgan fingerprint density at radius 2 is 2.25 bits per heavy atom. The van der Waals surface area contributed by atoms with Crippen molar-refractivity contribution in [2.24, 2.45) is 0 Å². The topological polar surface area (TPSA) is 114 Å². The summed E-state index contributed by atoms with van der Waals surface area (Å²) in [6.45, 7) is 1.42. The van der Waals surface area contributed by atoms with Gasteiger partial charge in [-0.05, 0) is 19.4 Å². The monoisotopic (exact) mass is 322 g/mol. The minimum absolute atomic E-state index is 0. The number of pyridine rings is 1. The minimum Gasteiger partial charge on any atom is -0.315 e. The summed E-state index contributed by atoms with van der Waals surface area (Å²) in [5, 5.41) is 13.4. The summed E-state index contributed by atoms with van der Waals surface area (Å²) in [5.41, 5.74) is -0.294. The maximum absolute atomic E-state index is 12.1. The molecular weight excluding hydrogens is 308 g/mol. The van der Waals surface area contributed by atoms with Crippen molar-refractivity contribution in [3.63, 3.8) is 0 Å². The molecule has 0 aliphatic carbocycles. The summed E-state index contributed by atoms with van der Waals surface area (Å²) < 4.78 is 26.6. The zero-order chi connectivity index (χ0) is 13.9. The molecule has 0 radical (unpaired) electrons. The highest BCUT2D eigenvalue weighted by atomic mass is 35.5. The standard InChI is InChI=1S/C10H14N4O4S.ClH/c15-14(16)9-3-5-12-10(6-9)19(17,18)13-8-2-1-4-11-7-8;/h3,5-6,8,11,13H,1-2,4,7H2;1H. The van der Waals surface area contributed by atoms with E-state index in [1.807, 2.05) is 0 Å². The average molecular weight is 323 g/mol. The van der Waals surface area contributed by atoms with Gasteiger partial charge in [-0.25, -0.2) is 18.1 Å². The molecule has 2 heterocycles. The van der Waals surface area contributed by atoms with Crippen LogP contribution in [0.2, 0.25) is 0 Å². The zero-order valence-electron chi connectivity index (χ0n) is 10.5. The first-order valence-electron chi connectivity index (χ1n) is 5.82. The van der Waals surface area contributed by atoms with E-state index in [1.165, 1.54) is 0 Å². The van der Waals surface area contributed by atoms with Crippen molar-refractivity contribution in [3.05, 3.63) is 28.4 Å². The third kappa shape index (κ3) is 4.10. The van der Waals surface area contributed by atoms with Gasteiger partial charge in [0.15, 0.2) is 5.03 Å². The van der Waals surface area contributed by atoms with E-state index in [9.17, 15) is 18.5 Å². The molecule has 0 aromatic carbocycles. The van der Waals surface area contributed by atoms with Gasteiger partial charge in [-0.1, -0.05) is 0 Å². The van der Waals surface area contributed by atoms with Crippen molar-refractivity contribution >= 4 is 28.1 Å². The van der Waals surface area contributed by atoms with Gasteiger partial charge in [0.05, 0.1) is 11.0 Å². The molecule has 1 saturated heterocycles. The Bertz CT molecular complexity index is 574. The third-order valence-electron chi connectivity index (χ3n) is 2.82. The van der Waals surface area contributed by atoms with Gasteiger partial charge in [0.2, 0.25) is 0 Å². The van der Waals surface area contributed by atoms with Crippen LogP contribution in [-0.2, 0) is 10.0 Å². The third-order valence-corrected chi connectivity index (χ3v) is 4.24. The highest BCUT2D eigenvalue weighted by Crippen LogP contribution is 2.15. The average Bonchev–Trinajstić information content (AvgIpc) is 2.39. The summed E-state index contributed by atoms with van der Waals surface area (Å²) in [4.78, 5) is 13.7. The minimum atomic E-state index is -3.82. The molecule has 0 bridgehead atoms. The summed E-state index contributed by atoms with van der Waals surface area (Å²) in [5.74, 6) is 0. The predicted molar refractivity (Wildman–Crippen MR) is 74.4 cm³/mol. The first-order valence-corrected chi connectivity index (χ1v) is 7.31. The lowest BCUT2D eigenvalue weighted by Gasteiger charge is -2.23. The normalized spacial score (nSPS) is 19.1. The molecule has 1 aliphatic heterocycles. The zero-order valence-corrected chi connectivity index (χ0v) is 12.1. The van der Waals surface area contributed by atoms with Crippen molar-refractivity contribution < 1.29 is 13.3 Å². The van der Waals surface area contributed by atoms with Crippen molar-refractivity contribution in [3.8, 4) is 0 Å². The highest BCUT2D eigenvalue weighted by molar-refractivity contribution is 7.89. The largest absolute Gasteiger partial charge is 0.315 e. The van der Waals surface area contributed by atoms with Gasteiger partial charge in [0.1, 0.15) is 0 Å². The summed E-state index contributed by atoms with van der Waals surface area (Å²) >= 11 is 0. The van der Waals surface area contributed by atoms with E-state index in [0.29, 0.717) is 6.54 Å². The van der Waals surface area contributed by atoms with E-state index in [-0.39, 0.29) is 29.2 Å². The van der Waals surface area contributed by atoms with Crippen LogP contribution in [0.4, 0.5) is 5.69 Å². The number of hydrogen-bond donors (Lipinski definition) is 2. The van der Waals surface area contributed by atoms with Gasteiger partial charge in [-0.3, -0.25) is 10.1 Å². The number of sulfonamides is 1. The Balaban J connectivity index is 0.00000200. The van der Waals surface area contributed by atoms with E-state index in [2.05, 4.69) is 15.0 Å². The molecule has 8 nitrogen and oxygen atoms in total. The van der Waals surface area contributed by atoms with E-state index in [4.69, 9.17) is 0 Å². The molecule has 0 saturated carbocycles. The molecular formula is C10H15ClN4O4S. The lowest BCUT2D eigenvalue weighted by molar-refractivity contribution is -0.385. The maximum Gasteiger partial charge on any atom is 0.273 e. The molecule has 1 aromatic rings.